The molecule has 3 aromatic rings. The lowest BCUT2D eigenvalue weighted by Crippen LogP contribution is -2.46. The lowest BCUT2D eigenvalue weighted by Gasteiger charge is -2.21. The highest BCUT2D eigenvalue weighted by Crippen LogP contribution is 2.27. The zero-order valence-electron chi connectivity index (χ0n) is 18.9. The first kappa shape index (κ1) is 26.1. The first-order chi connectivity index (χ1) is 17.3. The van der Waals surface area contributed by atoms with Crippen molar-refractivity contribution < 1.29 is 41.0 Å². The smallest absolute Gasteiger partial charge is 0.391 e. The molecule has 0 spiro atoms. The summed E-state index contributed by atoms with van der Waals surface area (Å²) in [7, 11) is 0. The SMILES string of the molecule is CCC(NC(=O)c1cn(-c2c(F)cc(F)cc2F)c2nc(N3C[C@@H](O)CC3=O)ccc2c1=O)C(F)(F)F. The molecule has 1 fully saturated rings. The predicted molar refractivity (Wildman–Crippen MR) is 118 cm³/mol. The number of β-amino-alcohol motifs (C(OH)–C–C–N with tert-alkyl or cyclic N) is 1. The Morgan fingerprint density at radius 1 is 1.19 bits per heavy atom. The molecule has 196 valence electrons. The van der Waals surface area contributed by atoms with Crippen molar-refractivity contribution >= 4 is 28.7 Å². The topological polar surface area (TPSA) is 105 Å². The number of fused-ring (bicyclic) bond motifs is 1. The van der Waals surface area contributed by atoms with E-state index in [1.54, 1.807) is 5.32 Å². The summed E-state index contributed by atoms with van der Waals surface area (Å²) in [6.45, 7) is 1.000. The van der Waals surface area contributed by atoms with Crippen LogP contribution >= 0.6 is 0 Å². The molecule has 2 N–H and O–H groups in total. The van der Waals surface area contributed by atoms with Crippen LogP contribution in [0.3, 0.4) is 0 Å². The summed E-state index contributed by atoms with van der Waals surface area (Å²) < 4.78 is 83.2. The second-order valence-electron chi connectivity index (χ2n) is 8.34. The number of hydrogen-bond donors (Lipinski definition) is 2. The van der Waals surface area contributed by atoms with Gasteiger partial charge in [-0.05, 0) is 18.6 Å². The molecule has 1 unspecified atom stereocenters. The van der Waals surface area contributed by atoms with E-state index in [4.69, 9.17) is 0 Å². The van der Waals surface area contributed by atoms with E-state index in [-0.39, 0.29) is 18.8 Å². The van der Waals surface area contributed by atoms with Crippen LogP contribution in [0.5, 0.6) is 0 Å². The van der Waals surface area contributed by atoms with Crippen LogP contribution in [0.4, 0.5) is 32.2 Å². The van der Waals surface area contributed by atoms with E-state index in [1.807, 2.05) is 0 Å². The van der Waals surface area contributed by atoms with Gasteiger partial charge in [0.05, 0.1) is 24.5 Å². The van der Waals surface area contributed by atoms with Gasteiger partial charge in [-0.25, -0.2) is 18.2 Å². The van der Waals surface area contributed by atoms with Gasteiger partial charge in [0.2, 0.25) is 11.3 Å². The van der Waals surface area contributed by atoms with Gasteiger partial charge in [-0.1, -0.05) is 6.92 Å². The number of amides is 2. The van der Waals surface area contributed by atoms with Crippen molar-refractivity contribution in [3.63, 3.8) is 0 Å². The third-order valence-electron chi connectivity index (χ3n) is 5.79. The highest BCUT2D eigenvalue weighted by molar-refractivity contribution is 5.99. The summed E-state index contributed by atoms with van der Waals surface area (Å²) in [4.78, 5) is 43.2. The minimum absolute atomic E-state index is 0.106. The maximum absolute atomic E-state index is 14.7. The fraction of sp³-hybridized carbons (Fsp3) is 0.304. The maximum atomic E-state index is 14.7. The highest BCUT2D eigenvalue weighted by atomic mass is 19.4. The molecule has 1 aliphatic rings. The molecule has 0 bridgehead atoms. The fourth-order valence-corrected chi connectivity index (χ4v) is 4.00. The number of halogens is 6. The number of aliphatic hydroxyl groups is 1. The van der Waals surface area contributed by atoms with Gasteiger partial charge in [0.1, 0.15) is 28.9 Å². The van der Waals surface area contributed by atoms with Crippen LogP contribution in [0.15, 0.2) is 35.3 Å². The van der Waals surface area contributed by atoms with E-state index < -0.39 is 81.7 Å². The Kier molecular flexibility index (Phi) is 6.71. The number of anilines is 1. The van der Waals surface area contributed by atoms with Crippen LogP contribution in [0.1, 0.15) is 30.1 Å². The molecule has 1 aliphatic heterocycles. The number of hydrogen-bond acceptors (Lipinski definition) is 5. The molecule has 0 aliphatic carbocycles. The Labute approximate surface area is 204 Å². The van der Waals surface area contributed by atoms with Gasteiger partial charge in [-0.15, -0.1) is 0 Å². The number of aromatic nitrogens is 2. The second-order valence-corrected chi connectivity index (χ2v) is 8.34. The Morgan fingerprint density at radius 3 is 2.38 bits per heavy atom. The van der Waals surface area contributed by atoms with Crippen LogP contribution in [0.2, 0.25) is 0 Å². The summed E-state index contributed by atoms with van der Waals surface area (Å²) >= 11 is 0. The van der Waals surface area contributed by atoms with Crippen LogP contribution in [-0.2, 0) is 4.79 Å². The third kappa shape index (κ3) is 4.88. The number of benzene rings is 1. The van der Waals surface area contributed by atoms with Crippen molar-refractivity contribution in [3.8, 4) is 5.69 Å². The van der Waals surface area contributed by atoms with Gasteiger partial charge in [-0.2, -0.15) is 13.2 Å². The molecule has 4 rings (SSSR count). The summed E-state index contributed by atoms with van der Waals surface area (Å²) in [5.74, 6) is -6.30. The molecule has 0 saturated carbocycles. The van der Waals surface area contributed by atoms with Crippen molar-refractivity contribution in [3.05, 3.63) is 63.7 Å². The molecule has 37 heavy (non-hydrogen) atoms. The van der Waals surface area contributed by atoms with Crippen molar-refractivity contribution in [1.29, 1.82) is 0 Å². The predicted octanol–water partition coefficient (Wildman–Crippen LogP) is 2.97. The van der Waals surface area contributed by atoms with Gasteiger partial charge in [-0.3, -0.25) is 23.9 Å². The number of carbonyl (C=O) groups is 2. The van der Waals surface area contributed by atoms with Gasteiger partial charge in [0.25, 0.3) is 5.91 Å². The summed E-state index contributed by atoms with van der Waals surface area (Å²) in [5, 5.41) is 11.0. The van der Waals surface area contributed by atoms with E-state index in [2.05, 4.69) is 4.98 Å². The van der Waals surface area contributed by atoms with Gasteiger partial charge in [0, 0.05) is 18.3 Å². The Hall–Kier alpha value is -3.94. The van der Waals surface area contributed by atoms with E-state index in [0.29, 0.717) is 22.9 Å². The lowest BCUT2D eigenvalue weighted by molar-refractivity contribution is -0.153. The number of nitrogens with zero attached hydrogens (tertiary/aromatic N) is 3. The molecule has 1 saturated heterocycles. The van der Waals surface area contributed by atoms with E-state index in [1.165, 1.54) is 6.07 Å². The molecule has 2 amide bonds. The molecule has 2 atom stereocenters. The molecule has 1 aromatic carbocycles. The van der Waals surface area contributed by atoms with Gasteiger partial charge in [0.15, 0.2) is 17.3 Å². The van der Waals surface area contributed by atoms with E-state index in [0.717, 1.165) is 17.9 Å². The maximum Gasteiger partial charge on any atom is 0.408 e. The molecule has 8 nitrogen and oxygen atoms in total. The first-order valence-corrected chi connectivity index (χ1v) is 10.9. The van der Waals surface area contributed by atoms with Gasteiger partial charge < -0.3 is 10.4 Å². The average Bonchev–Trinajstić information content (AvgIpc) is 3.14. The van der Waals surface area contributed by atoms with Crippen LogP contribution in [0.25, 0.3) is 16.7 Å². The first-order valence-electron chi connectivity index (χ1n) is 10.9. The van der Waals surface area contributed by atoms with Crippen molar-refractivity contribution in [2.75, 3.05) is 11.4 Å². The number of alkyl halides is 3. The number of pyridine rings is 2. The van der Waals surface area contributed by atoms with Crippen molar-refractivity contribution in [1.82, 2.24) is 14.9 Å². The highest BCUT2D eigenvalue weighted by Gasteiger charge is 2.40. The molecule has 2 aromatic heterocycles. The lowest BCUT2D eigenvalue weighted by atomic mass is 10.1. The quantitative estimate of drug-likeness (QED) is 0.496. The van der Waals surface area contributed by atoms with Gasteiger partial charge >= 0.3 is 6.18 Å². The zero-order chi connectivity index (χ0) is 27.2. The number of carbonyl (C=O) groups excluding carboxylic acids is 2. The molecular formula is C23H18F6N4O4. The zero-order valence-corrected chi connectivity index (χ0v) is 18.9. The standard InChI is InChI=1S/C23H18F6N4O4/c1-2-16(23(27,28)29)30-22(37)13-9-33(19-14(25)5-10(24)6-15(19)26)21-12(20(13)36)3-4-17(31-21)32-8-11(34)7-18(32)35/h3-6,9,11,16,34H,2,7-8H2,1H3,(H,30,37)/t11-,16?/m0/s1. The molecule has 14 heteroatoms. The normalized spacial score (nSPS) is 16.9. The summed E-state index contributed by atoms with van der Waals surface area (Å²) in [6.07, 6.45) is -6.02. The minimum atomic E-state index is -4.83. The molecule has 3 heterocycles. The largest absolute Gasteiger partial charge is 0.408 e. The van der Waals surface area contributed by atoms with Crippen LogP contribution in [-0.4, -0.2) is 51.3 Å². The second kappa shape index (κ2) is 9.50. The monoisotopic (exact) mass is 528 g/mol. The Morgan fingerprint density at radius 2 is 1.84 bits per heavy atom. The number of aliphatic hydroxyl groups excluding tert-OH is 1. The van der Waals surface area contributed by atoms with E-state index in [9.17, 15) is 45.8 Å². The average molecular weight is 528 g/mol. The van der Waals surface area contributed by atoms with Crippen LogP contribution in [0, 0.1) is 17.5 Å². The fourth-order valence-electron chi connectivity index (χ4n) is 4.00. The minimum Gasteiger partial charge on any atom is -0.391 e. The summed E-state index contributed by atoms with van der Waals surface area (Å²) in [5.41, 5.74) is -3.43. The third-order valence-corrected chi connectivity index (χ3v) is 5.79. The number of nitrogens with one attached hydrogen (secondary N) is 1. The van der Waals surface area contributed by atoms with E-state index >= 15 is 0 Å². The molecule has 0 radical (unpaired) electrons. The Bertz CT molecular complexity index is 1450. The molecular weight excluding hydrogens is 510 g/mol. The van der Waals surface area contributed by atoms with Crippen molar-refractivity contribution in [2.45, 2.75) is 38.1 Å². The van der Waals surface area contributed by atoms with Crippen molar-refractivity contribution in [2.24, 2.45) is 0 Å². The summed E-state index contributed by atoms with van der Waals surface area (Å²) in [6, 6.07) is 0.585. The van der Waals surface area contributed by atoms with Crippen LogP contribution < -0.4 is 15.6 Å². The number of rotatable bonds is 5. The Balaban J connectivity index is 1.96.